The molecule has 3 atom stereocenters. The van der Waals surface area contributed by atoms with E-state index in [0.29, 0.717) is 0 Å². The van der Waals surface area contributed by atoms with Crippen LogP contribution < -0.4 is 4.74 Å². The zero-order valence-electron chi connectivity index (χ0n) is 12.2. The molecule has 0 bridgehead atoms. The minimum atomic E-state index is -0.612. The highest BCUT2D eigenvalue weighted by Crippen LogP contribution is 2.46. The van der Waals surface area contributed by atoms with Gasteiger partial charge in [0.05, 0.1) is 5.92 Å². The highest BCUT2D eigenvalue weighted by molar-refractivity contribution is 6.01. The Balaban J connectivity index is 2.14. The average molecular weight is 282 g/mol. The van der Waals surface area contributed by atoms with E-state index in [9.17, 15) is 9.59 Å². The zero-order chi connectivity index (χ0) is 15.0. The zero-order valence-corrected chi connectivity index (χ0v) is 12.2. The van der Waals surface area contributed by atoms with Crippen molar-refractivity contribution in [3.63, 3.8) is 0 Å². The largest absolute Gasteiger partial charge is 0.485 e. The van der Waals surface area contributed by atoms with E-state index in [1.54, 1.807) is 0 Å². The van der Waals surface area contributed by atoms with E-state index < -0.39 is 5.92 Å². The maximum atomic E-state index is 12.1. The van der Waals surface area contributed by atoms with Crippen LogP contribution in [-0.2, 0) is 9.59 Å². The number of Topliss-reactive ketones (excluding diaryl/α,β-unsaturated/α-hetero) is 2. The number of ketones is 2. The molecule has 0 N–H and O–H groups in total. The summed E-state index contributed by atoms with van der Waals surface area (Å²) in [6.07, 6.45) is 7.83. The van der Waals surface area contributed by atoms with Crippen molar-refractivity contribution in [2.45, 2.75) is 25.9 Å². The Hall–Kier alpha value is -2.16. The van der Waals surface area contributed by atoms with E-state index >= 15 is 0 Å². The van der Waals surface area contributed by atoms with Crippen LogP contribution in [0.5, 0.6) is 5.75 Å². The lowest BCUT2D eigenvalue weighted by atomic mass is 9.69. The first-order valence-electron chi connectivity index (χ1n) is 7.21. The number of ether oxygens (including phenoxy) is 1. The number of hydrogen-bond donors (Lipinski definition) is 0. The molecule has 0 fully saturated rings. The Morgan fingerprint density at radius 1 is 1.05 bits per heavy atom. The Kier molecular flexibility index (Phi) is 3.50. The molecule has 0 saturated heterocycles. The quantitative estimate of drug-likeness (QED) is 0.800. The maximum absolute atomic E-state index is 12.1. The van der Waals surface area contributed by atoms with Crippen molar-refractivity contribution in [1.82, 2.24) is 0 Å². The Morgan fingerprint density at radius 3 is 2.43 bits per heavy atom. The molecule has 1 heterocycles. The van der Waals surface area contributed by atoms with Gasteiger partial charge in [0.1, 0.15) is 23.4 Å². The van der Waals surface area contributed by atoms with Crippen molar-refractivity contribution < 1.29 is 14.3 Å². The van der Waals surface area contributed by atoms with Crippen molar-refractivity contribution >= 4 is 11.6 Å². The highest BCUT2D eigenvalue weighted by atomic mass is 16.5. The lowest BCUT2D eigenvalue weighted by Gasteiger charge is -2.40. The van der Waals surface area contributed by atoms with Crippen LogP contribution in [0.4, 0.5) is 0 Å². The molecular weight excluding hydrogens is 264 g/mol. The van der Waals surface area contributed by atoms with Crippen molar-refractivity contribution in [2.75, 3.05) is 0 Å². The van der Waals surface area contributed by atoms with Gasteiger partial charge in [0.2, 0.25) is 0 Å². The fourth-order valence-electron chi connectivity index (χ4n) is 3.46. The van der Waals surface area contributed by atoms with Gasteiger partial charge in [0.15, 0.2) is 0 Å². The monoisotopic (exact) mass is 282 g/mol. The molecule has 1 aliphatic carbocycles. The van der Waals surface area contributed by atoms with Crippen LogP contribution in [0.2, 0.25) is 0 Å². The first kappa shape index (κ1) is 13.8. The predicted molar refractivity (Wildman–Crippen MR) is 80.2 cm³/mol. The van der Waals surface area contributed by atoms with Crippen molar-refractivity contribution in [3.05, 3.63) is 54.1 Å². The summed E-state index contributed by atoms with van der Waals surface area (Å²) in [4.78, 5) is 24.1. The summed E-state index contributed by atoms with van der Waals surface area (Å²) in [5.74, 6) is -0.134. The van der Waals surface area contributed by atoms with Crippen LogP contribution in [-0.4, -0.2) is 17.7 Å². The first-order valence-corrected chi connectivity index (χ1v) is 7.21. The van der Waals surface area contributed by atoms with Gasteiger partial charge < -0.3 is 4.74 Å². The topological polar surface area (TPSA) is 43.4 Å². The number of carbonyl (C=O) groups is 2. The van der Waals surface area contributed by atoms with Gasteiger partial charge in [-0.3, -0.25) is 9.59 Å². The fraction of sp³-hybridized carbons (Fsp3) is 0.333. The van der Waals surface area contributed by atoms with Gasteiger partial charge in [0.25, 0.3) is 0 Å². The smallest absolute Gasteiger partial charge is 0.140 e. The molecule has 0 amide bonds. The first-order chi connectivity index (χ1) is 10.1. The van der Waals surface area contributed by atoms with E-state index in [0.717, 1.165) is 11.3 Å². The van der Waals surface area contributed by atoms with E-state index in [1.165, 1.54) is 13.8 Å². The third-order valence-electron chi connectivity index (χ3n) is 4.32. The van der Waals surface area contributed by atoms with E-state index in [2.05, 4.69) is 0 Å². The van der Waals surface area contributed by atoms with Gasteiger partial charge in [-0.1, -0.05) is 36.4 Å². The maximum Gasteiger partial charge on any atom is 0.140 e. The van der Waals surface area contributed by atoms with Gasteiger partial charge in [-0.15, -0.1) is 0 Å². The summed E-state index contributed by atoms with van der Waals surface area (Å²) in [6, 6.07) is 7.70. The second-order valence-electron chi connectivity index (χ2n) is 5.69. The lowest BCUT2D eigenvalue weighted by Crippen LogP contribution is -2.41. The van der Waals surface area contributed by atoms with Crippen LogP contribution >= 0.6 is 0 Å². The molecule has 3 nitrogen and oxygen atoms in total. The normalized spacial score (nSPS) is 26.0. The summed E-state index contributed by atoms with van der Waals surface area (Å²) < 4.78 is 6.02. The number of hydrogen-bond acceptors (Lipinski definition) is 3. The second-order valence-corrected chi connectivity index (χ2v) is 5.69. The minimum absolute atomic E-state index is 0.0164. The third-order valence-corrected chi connectivity index (χ3v) is 4.32. The predicted octanol–water partition coefficient (Wildman–Crippen LogP) is 3.07. The molecule has 3 heteroatoms. The number of fused-ring (bicyclic) bond motifs is 2. The van der Waals surface area contributed by atoms with E-state index in [4.69, 9.17) is 4.74 Å². The van der Waals surface area contributed by atoms with Crippen molar-refractivity contribution in [3.8, 4) is 5.75 Å². The molecule has 21 heavy (non-hydrogen) atoms. The number of para-hydroxylation sites is 1. The lowest BCUT2D eigenvalue weighted by molar-refractivity contribution is -0.132. The highest BCUT2D eigenvalue weighted by Gasteiger charge is 2.43. The molecule has 1 aromatic rings. The SMILES string of the molecule is CC(=O)C(C(C)=O)[C@H]1c2ccccc2O[C@@H]2C=CC=C[C@H]12. The summed E-state index contributed by atoms with van der Waals surface area (Å²) in [5.41, 5.74) is 0.953. The molecular formula is C18H18O3. The van der Waals surface area contributed by atoms with Gasteiger partial charge in [-0.2, -0.15) is 0 Å². The summed E-state index contributed by atoms with van der Waals surface area (Å²) in [6.45, 7) is 3.00. The summed E-state index contributed by atoms with van der Waals surface area (Å²) in [5, 5.41) is 0. The Bertz CT molecular complexity index is 628. The molecule has 0 saturated carbocycles. The standard InChI is InChI=1S/C18H18O3/c1-11(19)17(12(2)20)18-13-7-3-5-9-15(13)21-16-10-6-4-8-14(16)18/h3-10,13,15,17-18H,1-2H3/t13-,15+,18+/m0/s1. The average Bonchev–Trinajstić information content (AvgIpc) is 2.46. The van der Waals surface area contributed by atoms with Crippen LogP contribution in [0, 0.1) is 11.8 Å². The molecule has 0 spiro atoms. The second kappa shape index (κ2) is 5.32. The van der Waals surface area contributed by atoms with Crippen molar-refractivity contribution in [1.29, 1.82) is 0 Å². The molecule has 1 aliphatic heterocycles. The van der Waals surface area contributed by atoms with Gasteiger partial charge in [0, 0.05) is 11.8 Å². The van der Waals surface area contributed by atoms with Crippen LogP contribution in [0.25, 0.3) is 0 Å². The number of benzene rings is 1. The molecule has 108 valence electrons. The van der Waals surface area contributed by atoms with Crippen LogP contribution in [0.15, 0.2) is 48.6 Å². The minimum Gasteiger partial charge on any atom is -0.485 e. The van der Waals surface area contributed by atoms with Crippen molar-refractivity contribution in [2.24, 2.45) is 11.8 Å². The van der Waals surface area contributed by atoms with E-state index in [-0.39, 0.29) is 29.5 Å². The van der Waals surface area contributed by atoms with Crippen LogP contribution in [0.1, 0.15) is 25.3 Å². The van der Waals surface area contributed by atoms with Crippen LogP contribution in [0.3, 0.4) is 0 Å². The number of allylic oxidation sites excluding steroid dienone is 2. The summed E-state index contributed by atoms with van der Waals surface area (Å²) in [7, 11) is 0. The molecule has 2 aliphatic rings. The van der Waals surface area contributed by atoms with E-state index in [1.807, 2.05) is 48.6 Å². The third kappa shape index (κ3) is 2.33. The molecule has 0 radical (unpaired) electrons. The fourth-order valence-corrected chi connectivity index (χ4v) is 3.46. The number of carbonyl (C=O) groups excluding carboxylic acids is 2. The molecule has 0 aromatic heterocycles. The van der Waals surface area contributed by atoms with Gasteiger partial charge in [-0.05, 0) is 31.6 Å². The molecule has 1 aromatic carbocycles. The van der Waals surface area contributed by atoms with Gasteiger partial charge in [-0.25, -0.2) is 0 Å². The Labute approximate surface area is 124 Å². The van der Waals surface area contributed by atoms with Gasteiger partial charge >= 0.3 is 0 Å². The number of rotatable bonds is 3. The summed E-state index contributed by atoms with van der Waals surface area (Å²) >= 11 is 0. The molecule has 0 unspecified atom stereocenters. The molecule has 3 rings (SSSR count). The Morgan fingerprint density at radius 2 is 1.71 bits per heavy atom.